The Bertz CT molecular complexity index is 735. The van der Waals surface area contributed by atoms with E-state index in [1.165, 1.54) is 6.08 Å². The van der Waals surface area contributed by atoms with Gasteiger partial charge in [-0.25, -0.2) is 0 Å². The van der Waals surface area contributed by atoms with E-state index in [-0.39, 0.29) is 0 Å². The van der Waals surface area contributed by atoms with Crippen molar-refractivity contribution in [3.05, 3.63) is 70.2 Å². The van der Waals surface area contributed by atoms with Crippen molar-refractivity contribution in [2.24, 2.45) is 0 Å². The van der Waals surface area contributed by atoms with E-state index in [4.69, 9.17) is 0 Å². The molecule has 98 valence electrons. The van der Waals surface area contributed by atoms with E-state index < -0.39 is 11.6 Å². The van der Waals surface area contributed by atoms with Crippen LogP contribution in [0, 0.1) is 0 Å². The van der Waals surface area contributed by atoms with E-state index in [9.17, 15) is 9.59 Å². The summed E-state index contributed by atoms with van der Waals surface area (Å²) in [6.45, 7) is 0. The van der Waals surface area contributed by atoms with Gasteiger partial charge in [0.1, 0.15) is 0 Å². The number of nitrogens with one attached hydrogen (secondary N) is 1. The lowest BCUT2D eigenvalue weighted by Crippen LogP contribution is -2.21. The van der Waals surface area contributed by atoms with Crippen LogP contribution in [0.2, 0.25) is 0 Å². The minimum absolute atomic E-state index is 0.430. The van der Waals surface area contributed by atoms with Gasteiger partial charge in [0, 0.05) is 27.4 Å². The minimum atomic E-state index is -0.502. The summed E-state index contributed by atoms with van der Waals surface area (Å²) in [5.41, 5.74) is 2.66. The maximum atomic E-state index is 11.9. The van der Waals surface area contributed by atoms with Crippen LogP contribution in [0.4, 0.5) is 5.69 Å². The van der Waals surface area contributed by atoms with Crippen molar-refractivity contribution in [3.63, 3.8) is 0 Å². The molecular formula is C16H10BrNO2. The van der Waals surface area contributed by atoms with Crippen LogP contribution in [0.5, 0.6) is 0 Å². The Morgan fingerprint density at radius 2 is 1.65 bits per heavy atom. The first-order chi connectivity index (χ1) is 9.65. The molecule has 1 aliphatic rings. The lowest BCUT2D eigenvalue weighted by Gasteiger charge is -2.18. The van der Waals surface area contributed by atoms with Crippen LogP contribution in [-0.2, 0) is 4.79 Å². The molecule has 0 heterocycles. The fourth-order valence-corrected chi connectivity index (χ4v) is 2.49. The molecule has 0 atom stereocenters. The van der Waals surface area contributed by atoms with Crippen molar-refractivity contribution in [1.82, 2.24) is 0 Å². The number of anilines is 1. The molecule has 1 aliphatic carbocycles. The second-order valence-corrected chi connectivity index (χ2v) is 5.35. The van der Waals surface area contributed by atoms with Crippen LogP contribution in [-0.4, -0.2) is 11.6 Å². The normalized spacial score (nSPS) is 13.8. The molecule has 0 saturated carbocycles. The van der Waals surface area contributed by atoms with E-state index in [0.717, 1.165) is 15.7 Å². The molecule has 0 radical (unpaired) electrons. The SMILES string of the molecule is O=C1C=C(Nc2ccccc2)c2cc(Br)ccc2C1=O. The molecule has 3 nitrogen and oxygen atoms in total. The summed E-state index contributed by atoms with van der Waals surface area (Å²) in [6.07, 6.45) is 1.35. The zero-order valence-corrected chi connectivity index (χ0v) is 12.0. The van der Waals surface area contributed by atoms with Crippen LogP contribution in [0.1, 0.15) is 15.9 Å². The summed E-state index contributed by atoms with van der Waals surface area (Å²) in [7, 11) is 0. The molecule has 0 aromatic heterocycles. The first kappa shape index (κ1) is 12.8. The molecular weight excluding hydrogens is 318 g/mol. The first-order valence-electron chi connectivity index (χ1n) is 6.07. The van der Waals surface area contributed by atoms with Gasteiger partial charge in [-0.15, -0.1) is 0 Å². The molecule has 4 heteroatoms. The summed E-state index contributed by atoms with van der Waals surface area (Å²) in [6, 6.07) is 14.8. The number of benzene rings is 2. The highest BCUT2D eigenvalue weighted by Gasteiger charge is 2.25. The fourth-order valence-electron chi connectivity index (χ4n) is 2.12. The Morgan fingerprint density at radius 3 is 2.40 bits per heavy atom. The Morgan fingerprint density at radius 1 is 0.900 bits per heavy atom. The highest BCUT2D eigenvalue weighted by Crippen LogP contribution is 2.29. The van der Waals surface area contributed by atoms with Crippen molar-refractivity contribution in [1.29, 1.82) is 0 Å². The molecule has 3 rings (SSSR count). The molecule has 0 unspecified atom stereocenters. The lowest BCUT2D eigenvalue weighted by molar-refractivity contribution is -0.111. The lowest BCUT2D eigenvalue weighted by atomic mass is 9.92. The molecule has 0 aliphatic heterocycles. The summed E-state index contributed by atoms with van der Waals surface area (Å²) in [5.74, 6) is -0.968. The Labute approximate surface area is 124 Å². The fraction of sp³-hybridized carbons (Fsp3) is 0. The van der Waals surface area contributed by atoms with Crippen molar-refractivity contribution >= 4 is 38.9 Å². The van der Waals surface area contributed by atoms with E-state index in [2.05, 4.69) is 21.2 Å². The van der Waals surface area contributed by atoms with Gasteiger partial charge in [0.25, 0.3) is 0 Å². The van der Waals surface area contributed by atoms with Gasteiger partial charge in [0.15, 0.2) is 0 Å². The second-order valence-electron chi connectivity index (χ2n) is 4.43. The third-order valence-electron chi connectivity index (χ3n) is 3.07. The van der Waals surface area contributed by atoms with Crippen LogP contribution in [0.15, 0.2) is 59.1 Å². The number of ketones is 2. The number of halogens is 1. The number of carbonyl (C=O) groups excluding carboxylic acids is 2. The molecule has 2 aromatic rings. The number of hydrogen-bond donors (Lipinski definition) is 1. The quantitative estimate of drug-likeness (QED) is 0.856. The van der Waals surface area contributed by atoms with Gasteiger partial charge in [-0.3, -0.25) is 9.59 Å². The minimum Gasteiger partial charge on any atom is -0.355 e. The van der Waals surface area contributed by atoms with Gasteiger partial charge in [-0.2, -0.15) is 0 Å². The number of Topliss-reactive ketones (excluding diaryl/α,β-unsaturated/α-hetero) is 1. The van der Waals surface area contributed by atoms with Crippen molar-refractivity contribution in [2.75, 3.05) is 5.32 Å². The van der Waals surface area contributed by atoms with Crippen LogP contribution >= 0.6 is 15.9 Å². The average molecular weight is 328 g/mol. The highest BCUT2D eigenvalue weighted by atomic mass is 79.9. The number of carbonyl (C=O) groups is 2. The number of allylic oxidation sites excluding steroid dienone is 1. The second kappa shape index (κ2) is 5.06. The number of rotatable bonds is 2. The van der Waals surface area contributed by atoms with Gasteiger partial charge in [-0.05, 0) is 30.3 Å². The third kappa shape index (κ3) is 2.30. The first-order valence-corrected chi connectivity index (χ1v) is 6.87. The molecule has 2 aromatic carbocycles. The van der Waals surface area contributed by atoms with E-state index in [1.54, 1.807) is 12.1 Å². The molecule has 0 saturated heterocycles. The monoisotopic (exact) mass is 327 g/mol. The van der Waals surface area contributed by atoms with Gasteiger partial charge < -0.3 is 5.32 Å². The maximum absolute atomic E-state index is 11.9. The standard InChI is InChI=1S/C16H10BrNO2/c17-10-6-7-12-13(8-10)14(9-15(19)16(12)20)18-11-4-2-1-3-5-11/h1-9,18H. The predicted molar refractivity (Wildman–Crippen MR) is 81.5 cm³/mol. The number of para-hydroxylation sites is 1. The smallest absolute Gasteiger partial charge is 0.233 e. The van der Waals surface area contributed by atoms with Gasteiger partial charge in [0.2, 0.25) is 11.6 Å². The van der Waals surface area contributed by atoms with E-state index in [0.29, 0.717) is 11.3 Å². The summed E-state index contributed by atoms with van der Waals surface area (Å²) in [4.78, 5) is 23.7. The van der Waals surface area contributed by atoms with E-state index in [1.807, 2.05) is 36.4 Å². The van der Waals surface area contributed by atoms with Crippen molar-refractivity contribution in [3.8, 4) is 0 Å². The third-order valence-corrected chi connectivity index (χ3v) is 3.56. The average Bonchev–Trinajstić information content (AvgIpc) is 2.45. The molecule has 1 N–H and O–H groups in total. The van der Waals surface area contributed by atoms with Gasteiger partial charge >= 0.3 is 0 Å². The van der Waals surface area contributed by atoms with Gasteiger partial charge in [0.05, 0.1) is 5.70 Å². The molecule has 0 bridgehead atoms. The Kier molecular flexibility index (Phi) is 3.24. The Hall–Kier alpha value is -2.20. The molecule has 20 heavy (non-hydrogen) atoms. The molecule has 0 fully saturated rings. The predicted octanol–water partition coefficient (Wildman–Crippen LogP) is 3.67. The summed E-state index contributed by atoms with van der Waals surface area (Å²) in [5, 5.41) is 3.18. The zero-order chi connectivity index (χ0) is 14.1. The largest absolute Gasteiger partial charge is 0.355 e. The van der Waals surface area contributed by atoms with Gasteiger partial charge in [-0.1, -0.05) is 34.1 Å². The van der Waals surface area contributed by atoms with Crippen LogP contribution < -0.4 is 5.32 Å². The number of hydrogen-bond acceptors (Lipinski definition) is 3. The Balaban J connectivity index is 2.07. The maximum Gasteiger partial charge on any atom is 0.233 e. The van der Waals surface area contributed by atoms with Crippen LogP contribution in [0.25, 0.3) is 5.70 Å². The van der Waals surface area contributed by atoms with Crippen molar-refractivity contribution in [2.45, 2.75) is 0 Å². The van der Waals surface area contributed by atoms with Crippen LogP contribution in [0.3, 0.4) is 0 Å². The summed E-state index contributed by atoms with van der Waals surface area (Å²) < 4.78 is 0.860. The summed E-state index contributed by atoms with van der Waals surface area (Å²) >= 11 is 3.39. The highest BCUT2D eigenvalue weighted by molar-refractivity contribution is 9.10. The zero-order valence-electron chi connectivity index (χ0n) is 10.4. The van der Waals surface area contributed by atoms with Crippen molar-refractivity contribution < 1.29 is 9.59 Å². The number of fused-ring (bicyclic) bond motifs is 1. The topological polar surface area (TPSA) is 46.2 Å². The molecule has 0 amide bonds. The van der Waals surface area contributed by atoms with E-state index >= 15 is 0 Å². The molecule has 0 spiro atoms.